The monoisotopic (exact) mass is 275 g/mol. The van der Waals surface area contributed by atoms with Crippen LogP contribution in [0.5, 0.6) is 0 Å². The highest BCUT2D eigenvalue weighted by molar-refractivity contribution is 5.83. The molecule has 0 aliphatic heterocycles. The van der Waals surface area contributed by atoms with Crippen molar-refractivity contribution in [1.29, 1.82) is 0 Å². The molecular formula is C20H21N. The molecule has 0 radical (unpaired) electrons. The second kappa shape index (κ2) is 5.33. The van der Waals surface area contributed by atoms with Crippen molar-refractivity contribution in [3.63, 3.8) is 0 Å². The zero-order chi connectivity index (χ0) is 15.0. The van der Waals surface area contributed by atoms with Crippen LogP contribution in [0, 0.1) is 20.8 Å². The van der Waals surface area contributed by atoms with Crippen LogP contribution in [0.2, 0.25) is 0 Å². The van der Waals surface area contributed by atoms with E-state index in [0.29, 0.717) is 0 Å². The molecular weight excluding hydrogens is 254 g/mol. The fourth-order valence-electron chi connectivity index (χ4n) is 2.95. The SMILES string of the molecule is CCc1cc2ccc(-c3ccc(C)cc3C)nc2cc1C. The molecule has 3 rings (SSSR count). The highest BCUT2D eigenvalue weighted by Gasteiger charge is 2.06. The second-order valence-electron chi connectivity index (χ2n) is 5.84. The Balaban J connectivity index is 2.17. The Hall–Kier alpha value is -2.15. The quantitative estimate of drug-likeness (QED) is 0.611. The van der Waals surface area contributed by atoms with E-state index in [1.165, 1.54) is 33.2 Å². The number of hydrogen-bond acceptors (Lipinski definition) is 1. The van der Waals surface area contributed by atoms with Gasteiger partial charge in [-0.15, -0.1) is 0 Å². The zero-order valence-corrected chi connectivity index (χ0v) is 13.2. The molecule has 0 saturated carbocycles. The van der Waals surface area contributed by atoms with E-state index in [0.717, 1.165) is 17.6 Å². The van der Waals surface area contributed by atoms with Gasteiger partial charge in [0.1, 0.15) is 0 Å². The molecule has 1 nitrogen and oxygen atoms in total. The van der Waals surface area contributed by atoms with Gasteiger partial charge < -0.3 is 0 Å². The van der Waals surface area contributed by atoms with Crippen LogP contribution < -0.4 is 0 Å². The summed E-state index contributed by atoms with van der Waals surface area (Å²) >= 11 is 0. The maximum atomic E-state index is 4.87. The Morgan fingerprint density at radius 1 is 0.857 bits per heavy atom. The van der Waals surface area contributed by atoms with Gasteiger partial charge in [-0.05, 0) is 62.1 Å². The van der Waals surface area contributed by atoms with E-state index in [9.17, 15) is 0 Å². The number of aromatic nitrogens is 1. The summed E-state index contributed by atoms with van der Waals surface area (Å²) in [5, 5.41) is 1.23. The summed E-state index contributed by atoms with van der Waals surface area (Å²) in [6.45, 7) is 8.65. The Kier molecular flexibility index (Phi) is 3.50. The van der Waals surface area contributed by atoms with E-state index < -0.39 is 0 Å². The van der Waals surface area contributed by atoms with Crippen molar-refractivity contribution in [2.24, 2.45) is 0 Å². The van der Waals surface area contributed by atoms with Gasteiger partial charge in [0, 0.05) is 10.9 Å². The van der Waals surface area contributed by atoms with E-state index in [1.54, 1.807) is 0 Å². The minimum absolute atomic E-state index is 1.06. The lowest BCUT2D eigenvalue weighted by molar-refractivity contribution is 1.11. The molecule has 0 aliphatic carbocycles. The Morgan fingerprint density at radius 3 is 2.38 bits per heavy atom. The van der Waals surface area contributed by atoms with Crippen molar-refractivity contribution >= 4 is 10.9 Å². The Bertz CT molecular complexity index is 815. The fourth-order valence-corrected chi connectivity index (χ4v) is 2.95. The number of hydrogen-bond donors (Lipinski definition) is 0. The molecule has 0 atom stereocenters. The van der Waals surface area contributed by atoms with Crippen molar-refractivity contribution < 1.29 is 0 Å². The minimum Gasteiger partial charge on any atom is -0.248 e. The van der Waals surface area contributed by atoms with Crippen molar-refractivity contribution in [2.45, 2.75) is 34.1 Å². The molecule has 0 N–H and O–H groups in total. The third-order valence-corrected chi connectivity index (χ3v) is 4.19. The molecule has 0 amide bonds. The van der Waals surface area contributed by atoms with Crippen molar-refractivity contribution in [1.82, 2.24) is 4.98 Å². The predicted octanol–water partition coefficient (Wildman–Crippen LogP) is 5.39. The Labute approximate surface area is 126 Å². The van der Waals surface area contributed by atoms with Crippen LogP contribution in [-0.4, -0.2) is 4.98 Å². The maximum absolute atomic E-state index is 4.87. The molecule has 106 valence electrons. The maximum Gasteiger partial charge on any atom is 0.0712 e. The van der Waals surface area contributed by atoms with Gasteiger partial charge in [0.15, 0.2) is 0 Å². The van der Waals surface area contributed by atoms with Crippen LogP contribution in [-0.2, 0) is 6.42 Å². The molecule has 3 aromatic rings. The lowest BCUT2D eigenvalue weighted by Gasteiger charge is -2.10. The van der Waals surface area contributed by atoms with E-state index in [2.05, 4.69) is 70.2 Å². The summed E-state index contributed by atoms with van der Waals surface area (Å²) in [5.74, 6) is 0. The lowest BCUT2D eigenvalue weighted by atomic mass is 10.00. The van der Waals surface area contributed by atoms with Crippen molar-refractivity contribution in [3.8, 4) is 11.3 Å². The van der Waals surface area contributed by atoms with Crippen LogP contribution in [0.25, 0.3) is 22.2 Å². The molecule has 0 aliphatic rings. The summed E-state index contributed by atoms with van der Waals surface area (Å²) in [5.41, 5.74) is 8.67. The van der Waals surface area contributed by atoms with Crippen molar-refractivity contribution in [3.05, 3.63) is 64.7 Å². The van der Waals surface area contributed by atoms with E-state index in [4.69, 9.17) is 4.98 Å². The first-order valence-corrected chi connectivity index (χ1v) is 7.56. The summed E-state index contributed by atoms with van der Waals surface area (Å²) in [6.07, 6.45) is 1.07. The van der Waals surface area contributed by atoms with Gasteiger partial charge >= 0.3 is 0 Å². The third kappa shape index (κ3) is 2.56. The first-order valence-electron chi connectivity index (χ1n) is 7.56. The number of benzene rings is 2. The number of fused-ring (bicyclic) bond motifs is 1. The molecule has 1 aromatic heterocycles. The van der Waals surface area contributed by atoms with Gasteiger partial charge in [-0.3, -0.25) is 0 Å². The molecule has 0 saturated heterocycles. The molecule has 1 heterocycles. The lowest BCUT2D eigenvalue weighted by Crippen LogP contribution is -1.92. The van der Waals surface area contributed by atoms with Crippen LogP contribution in [0.4, 0.5) is 0 Å². The first-order chi connectivity index (χ1) is 10.1. The number of aryl methyl sites for hydroxylation is 4. The second-order valence-corrected chi connectivity index (χ2v) is 5.84. The fraction of sp³-hybridized carbons (Fsp3) is 0.250. The normalized spacial score (nSPS) is 11.0. The molecule has 0 unspecified atom stereocenters. The van der Waals surface area contributed by atoms with Crippen LogP contribution >= 0.6 is 0 Å². The molecule has 21 heavy (non-hydrogen) atoms. The summed E-state index contributed by atoms with van der Waals surface area (Å²) < 4.78 is 0. The van der Waals surface area contributed by atoms with Gasteiger partial charge in [-0.25, -0.2) is 4.98 Å². The first kappa shape index (κ1) is 13.8. The molecule has 0 fully saturated rings. The zero-order valence-electron chi connectivity index (χ0n) is 13.2. The van der Waals surface area contributed by atoms with Crippen molar-refractivity contribution in [2.75, 3.05) is 0 Å². The van der Waals surface area contributed by atoms with Gasteiger partial charge in [-0.1, -0.05) is 36.8 Å². The van der Waals surface area contributed by atoms with Gasteiger partial charge in [-0.2, -0.15) is 0 Å². The summed E-state index contributed by atoms with van der Waals surface area (Å²) in [7, 11) is 0. The topological polar surface area (TPSA) is 12.9 Å². The third-order valence-electron chi connectivity index (χ3n) is 4.19. The van der Waals surface area contributed by atoms with Crippen LogP contribution in [0.1, 0.15) is 29.2 Å². The smallest absolute Gasteiger partial charge is 0.0712 e. The highest BCUT2D eigenvalue weighted by atomic mass is 14.7. The average Bonchev–Trinajstić information content (AvgIpc) is 2.46. The number of rotatable bonds is 2. The molecule has 0 bridgehead atoms. The number of pyridine rings is 1. The number of nitrogens with zero attached hydrogens (tertiary/aromatic N) is 1. The van der Waals surface area contributed by atoms with E-state index in [-0.39, 0.29) is 0 Å². The molecule has 0 spiro atoms. The summed E-state index contributed by atoms with van der Waals surface area (Å²) in [4.78, 5) is 4.87. The van der Waals surface area contributed by atoms with Crippen LogP contribution in [0.15, 0.2) is 42.5 Å². The van der Waals surface area contributed by atoms with Crippen LogP contribution in [0.3, 0.4) is 0 Å². The van der Waals surface area contributed by atoms with Gasteiger partial charge in [0.25, 0.3) is 0 Å². The molecule has 2 aromatic carbocycles. The van der Waals surface area contributed by atoms with Gasteiger partial charge in [0.2, 0.25) is 0 Å². The molecule has 1 heteroatoms. The van der Waals surface area contributed by atoms with E-state index >= 15 is 0 Å². The average molecular weight is 275 g/mol. The largest absolute Gasteiger partial charge is 0.248 e. The van der Waals surface area contributed by atoms with E-state index in [1.807, 2.05) is 0 Å². The minimum atomic E-state index is 1.06. The standard InChI is InChI=1S/C20H21N/c1-5-16-12-17-7-9-19(21-20(17)11-14(16)3)18-8-6-13(2)10-15(18)4/h6-12H,5H2,1-4H3. The van der Waals surface area contributed by atoms with Gasteiger partial charge in [0.05, 0.1) is 11.2 Å². The predicted molar refractivity (Wildman–Crippen MR) is 90.8 cm³/mol. The summed E-state index contributed by atoms with van der Waals surface area (Å²) in [6, 6.07) is 15.3. The Morgan fingerprint density at radius 2 is 1.67 bits per heavy atom. The highest BCUT2D eigenvalue weighted by Crippen LogP contribution is 2.26.